The molecule has 2 aliphatic heterocycles. The zero-order chi connectivity index (χ0) is 19.3. The molecule has 0 aliphatic carbocycles. The minimum Gasteiger partial charge on any atom is -0.460 e. The predicted octanol–water partition coefficient (Wildman–Crippen LogP) is 4.16. The molecule has 1 saturated heterocycles. The molecule has 0 bridgehead atoms. The molecule has 7 heteroatoms. The topological polar surface area (TPSA) is 66.1 Å². The lowest BCUT2D eigenvalue weighted by atomic mass is 10.1. The van der Waals surface area contributed by atoms with Crippen LogP contribution in [0.4, 0.5) is 4.39 Å². The van der Waals surface area contributed by atoms with E-state index in [9.17, 15) is 4.39 Å². The molecule has 0 spiro atoms. The van der Waals surface area contributed by atoms with Crippen molar-refractivity contribution in [1.82, 2.24) is 0 Å². The molecule has 2 aromatic rings. The molecule has 2 aliphatic rings. The Morgan fingerprint density at radius 3 is 2.86 bits per heavy atom. The van der Waals surface area contributed by atoms with Gasteiger partial charge in [0, 0.05) is 29.1 Å². The molecular weight excluding hydrogens is 379 g/mol. The zero-order valence-corrected chi connectivity index (χ0v) is 16.3. The third-order valence-corrected chi connectivity index (χ3v) is 5.62. The highest BCUT2D eigenvalue weighted by Crippen LogP contribution is 2.37. The van der Waals surface area contributed by atoms with Crippen molar-refractivity contribution >= 4 is 16.9 Å². The molecule has 0 unspecified atom stereocenters. The number of nitrogens with two attached hydrogens (primary N) is 1. The molecule has 28 heavy (non-hydrogen) atoms. The molecule has 2 atom stereocenters. The van der Waals surface area contributed by atoms with E-state index in [0.29, 0.717) is 35.4 Å². The first-order valence-corrected chi connectivity index (χ1v) is 10.4. The van der Waals surface area contributed by atoms with Crippen molar-refractivity contribution in [2.75, 3.05) is 13.2 Å². The summed E-state index contributed by atoms with van der Waals surface area (Å²) in [6, 6.07) is 12.7. The van der Waals surface area contributed by atoms with Crippen molar-refractivity contribution in [1.29, 1.82) is 0 Å². The van der Waals surface area contributed by atoms with Gasteiger partial charge in [0.2, 0.25) is 6.29 Å². The second kappa shape index (κ2) is 8.94. The summed E-state index contributed by atoms with van der Waals surface area (Å²) in [7, 11) is 0. The molecule has 0 saturated carbocycles. The van der Waals surface area contributed by atoms with Crippen LogP contribution in [-0.4, -0.2) is 24.4 Å². The number of hydrogen-bond donors (Lipinski definition) is 1. The smallest absolute Gasteiger partial charge is 0.227 e. The normalized spacial score (nSPS) is 22.0. The van der Waals surface area contributed by atoms with Crippen molar-refractivity contribution < 1.29 is 18.6 Å². The maximum absolute atomic E-state index is 14.1. The Bertz CT molecular complexity index is 841. The van der Waals surface area contributed by atoms with E-state index in [1.165, 1.54) is 23.9 Å². The van der Waals surface area contributed by atoms with E-state index in [1.54, 1.807) is 0 Å². The molecule has 2 aromatic carbocycles. The van der Waals surface area contributed by atoms with Crippen molar-refractivity contribution in [2.45, 2.75) is 37.6 Å². The van der Waals surface area contributed by atoms with Crippen LogP contribution in [0.25, 0.3) is 0 Å². The lowest BCUT2D eigenvalue weighted by Crippen LogP contribution is -2.19. The quantitative estimate of drug-likeness (QED) is 0.601. The number of rotatable bonds is 5. The molecule has 1 fully saturated rings. The van der Waals surface area contributed by atoms with Crippen LogP contribution in [-0.2, 0) is 21.8 Å². The molecule has 0 amide bonds. The maximum Gasteiger partial charge on any atom is 0.227 e. The largest absolute Gasteiger partial charge is 0.460 e. The Hall–Kier alpha value is -2.09. The van der Waals surface area contributed by atoms with Gasteiger partial charge in [-0.2, -0.15) is 0 Å². The Morgan fingerprint density at radius 1 is 1.21 bits per heavy atom. The average Bonchev–Trinajstić information content (AvgIpc) is 3.24. The van der Waals surface area contributed by atoms with Crippen LogP contribution in [0.1, 0.15) is 35.8 Å². The average molecular weight is 402 g/mol. The number of fused-ring (bicyclic) bond motifs is 1. The highest BCUT2D eigenvalue weighted by molar-refractivity contribution is 8.13. The zero-order valence-electron chi connectivity index (χ0n) is 15.5. The Morgan fingerprint density at radius 2 is 2.07 bits per heavy atom. The molecule has 2 N–H and O–H groups in total. The predicted molar refractivity (Wildman–Crippen MR) is 108 cm³/mol. The van der Waals surface area contributed by atoms with Gasteiger partial charge in [0.05, 0.1) is 19.3 Å². The molecule has 148 valence electrons. The Labute approximate surface area is 168 Å². The van der Waals surface area contributed by atoms with E-state index in [1.807, 2.05) is 30.3 Å². The summed E-state index contributed by atoms with van der Waals surface area (Å²) >= 11 is 1.38. The molecule has 0 aromatic heterocycles. The fraction of sp³-hybridized carbons (Fsp3) is 0.381. The number of amidine groups is 1. The first-order valence-electron chi connectivity index (χ1n) is 9.38. The van der Waals surface area contributed by atoms with Crippen LogP contribution >= 0.6 is 11.8 Å². The number of benzene rings is 2. The SMILES string of the molecule is NC(=NC[C@@H]1CCCO1)SCc1cc(F)cc2c1O[C@@H](c1ccccc1)OC2. The van der Waals surface area contributed by atoms with Gasteiger partial charge in [0.1, 0.15) is 11.6 Å². The van der Waals surface area contributed by atoms with Gasteiger partial charge >= 0.3 is 0 Å². The van der Waals surface area contributed by atoms with Crippen LogP contribution < -0.4 is 10.5 Å². The summed E-state index contributed by atoms with van der Waals surface area (Å²) in [5.74, 6) is 0.832. The molecule has 0 radical (unpaired) electrons. The number of nitrogens with zero attached hydrogens (tertiary/aromatic N) is 1. The van der Waals surface area contributed by atoms with Crippen LogP contribution in [0, 0.1) is 5.82 Å². The first-order chi connectivity index (χ1) is 13.7. The minimum atomic E-state index is -0.506. The van der Waals surface area contributed by atoms with Gasteiger partial charge in [-0.05, 0) is 25.0 Å². The summed E-state index contributed by atoms with van der Waals surface area (Å²) in [6.07, 6.45) is 1.75. The maximum atomic E-state index is 14.1. The number of aliphatic imine (C=N–C) groups is 1. The Kier molecular flexibility index (Phi) is 6.14. The lowest BCUT2D eigenvalue weighted by molar-refractivity contribution is -0.112. The third kappa shape index (κ3) is 4.66. The van der Waals surface area contributed by atoms with Gasteiger partial charge in [-0.3, -0.25) is 4.99 Å². The summed E-state index contributed by atoms with van der Waals surface area (Å²) < 4.78 is 31.4. The summed E-state index contributed by atoms with van der Waals surface area (Å²) in [4.78, 5) is 4.39. The number of halogens is 1. The fourth-order valence-electron chi connectivity index (χ4n) is 3.34. The lowest BCUT2D eigenvalue weighted by Gasteiger charge is -2.28. The summed E-state index contributed by atoms with van der Waals surface area (Å²) in [6.45, 7) is 1.66. The number of hydrogen-bond acceptors (Lipinski definition) is 5. The van der Waals surface area contributed by atoms with Gasteiger partial charge in [0.25, 0.3) is 0 Å². The fourth-order valence-corrected chi connectivity index (χ4v) is 4.02. The van der Waals surface area contributed by atoms with Gasteiger partial charge in [-0.15, -0.1) is 0 Å². The van der Waals surface area contributed by atoms with Gasteiger partial charge < -0.3 is 19.9 Å². The van der Waals surface area contributed by atoms with E-state index in [0.717, 1.165) is 30.6 Å². The molecule has 5 nitrogen and oxygen atoms in total. The Balaban J connectivity index is 1.45. The second-order valence-electron chi connectivity index (χ2n) is 6.83. The van der Waals surface area contributed by atoms with Crippen molar-refractivity contribution in [3.63, 3.8) is 0 Å². The second-order valence-corrected chi connectivity index (χ2v) is 7.82. The minimum absolute atomic E-state index is 0.160. The van der Waals surface area contributed by atoms with Crippen molar-refractivity contribution in [2.24, 2.45) is 10.7 Å². The molecule has 2 heterocycles. The third-order valence-electron chi connectivity index (χ3n) is 4.74. The highest BCUT2D eigenvalue weighted by Gasteiger charge is 2.25. The van der Waals surface area contributed by atoms with Crippen molar-refractivity contribution in [3.8, 4) is 5.75 Å². The number of ether oxygens (including phenoxy) is 3. The van der Waals surface area contributed by atoms with Crippen LogP contribution in [0.5, 0.6) is 5.75 Å². The van der Waals surface area contributed by atoms with E-state index in [-0.39, 0.29) is 11.9 Å². The highest BCUT2D eigenvalue weighted by atomic mass is 32.2. The van der Waals surface area contributed by atoms with E-state index >= 15 is 0 Å². The van der Waals surface area contributed by atoms with Crippen LogP contribution in [0.3, 0.4) is 0 Å². The monoisotopic (exact) mass is 402 g/mol. The number of thioether (sulfide) groups is 1. The summed E-state index contributed by atoms with van der Waals surface area (Å²) in [5, 5.41) is 0.472. The van der Waals surface area contributed by atoms with Gasteiger partial charge in [0.15, 0.2) is 5.17 Å². The van der Waals surface area contributed by atoms with E-state index in [2.05, 4.69) is 4.99 Å². The van der Waals surface area contributed by atoms with Gasteiger partial charge in [-0.25, -0.2) is 4.39 Å². The van der Waals surface area contributed by atoms with E-state index in [4.69, 9.17) is 19.9 Å². The standard InChI is InChI=1S/C21H23FN2O3S/c22-17-9-15-12-26-20(14-5-2-1-3-6-14)27-19(15)16(10-17)13-28-21(23)24-11-18-7-4-8-25-18/h1-3,5-6,9-10,18,20H,4,7-8,11-13H2,(H2,23,24)/t18-,20-/m0/s1. The first kappa shape index (κ1) is 19.2. The van der Waals surface area contributed by atoms with E-state index < -0.39 is 6.29 Å². The molecular formula is C21H23FN2O3S. The summed E-state index contributed by atoms with van der Waals surface area (Å²) in [5.41, 5.74) is 8.41. The molecule has 4 rings (SSSR count). The van der Waals surface area contributed by atoms with Crippen LogP contribution in [0.2, 0.25) is 0 Å². The van der Waals surface area contributed by atoms with Crippen LogP contribution in [0.15, 0.2) is 47.5 Å². The van der Waals surface area contributed by atoms with Crippen molar-refractivity contribution in [3.05, 3.63) is 65.0 Å². The van der Waals surface area contributed by atoms with Gasteiger partial charge in [-0.1, -0.05) is 42.1 Å².